The van der Waals surface area contributed by atoms with Gasteiger partial charge in [0.2, 0.25) is 0 Å². The molecule has 0 spiro atoms. The average molecular weight is 278 g/mol. The summed E-state index contributed by atoms with van der Waals surface area (Å²) in [5, 5.41) is 13.8. The summed E-state index contributed by atoms with van der Waals surface area (Å²) >= 11 is 0. The Bertz CT molecular complexity index is 660. The Morgan fingerprint density at radius 1 is 1.15 bits per heavy atom. The maximum Gasteiger partial charge on any atom is 0.292 e. The van der Waals surface area contributed by atoms with E-state index in [1.54, 1.807) is 12.1 Å². The molecule has 4 nitrogen and oxygen atoms in total. The number of nitro groups is 1. The number of nitrogens with zero attached hydrogens (tertiary/aromatic N) is 1. The summed E-state index contributed by atoms with van der Waals surface area (Å²) in [6, 6.07) is 8.19. The van der Waals surface area contributed by atoms with Gasteiger partial charge in [0, 0.05) is 12.6 Å². The van der Waals surface area contributed by atoms with Gasteiger partial charge in [-0.2, -0.15) is 0 Å². The first-order valence-corrected chi connectivity index (χ1v) is 5.90. The second-order valence-corrected chi connectivity index (χ2v) is 4.38. The summed E-state index contributed by atoms with van der Waals surface area (Å²) in [5.74, 6) is -1.86. The minimum absolute atomic E-state index is 0.0572. The Kier molecular flexibility index (Phi) is 3.93. The Hall–Kier alpha value is -2.50. The van der Waals surface area contributed by atoms with Crippen molar-refractivity contribution in [2.45, 2.75) is 13.5 Å². The van der Waals surface area contributed by atoms with E-state index in [4.69, 9.17) is 0 Å². The largest absolute Gasteiger partial charge is 0.375 e. The predicted octanol–water partition coefficient (Wildman–Crippen LogP) is 3.79. The van der Waals surface area contributed by atoms with Crippen molar-refractivity contribution in [1.82, 2.24) is 0 Å². The lowest BCUT2D eigenvalue weighted by Crippen LogP contribution is -2.03. The minimum Gasteiger partial charge on any atom is -0.375 e. The van der Waals surface area contributed by atoms with Crippen LogP contribution in [0.5, 0.6) is 0 Å². The van der Waals surface area contributed by atoms with E-state index in [0.29, 0.717) is 11.3 Å². The fourth-order valence-electron chi connectivity index (χ4n) is 1.80. The van der Waals surface area contributed by atoms with Crippen LogP contribution < -0.4 is 5.32 Å². The molecular weight excluding hydrogens is 266 g/mol. The Morgan fingerprint density at radius 2 is 1.90 bits per heavy atom. The van der Waals surface area contributed by atoms with Gasteiger partial charge in [-0.1, -0.05) is 12.1 Å². The zero-order valence-corrected chi connectivity index (χ0v) is 10.7. The zero-order valence-electron chi connectivity index (χ0n) is 10.7. The smallest absolute Gasteiger partial charge is 0.292 e. The van der Waals surface area contributed by atoms with E-state index < -0.39 is 16.6 Å². The zero-order chi connectivity index (χ0) is 14.7. The number of halogens is 2. The van der Waals surface area contributed by atoms with Crippen LogP contribution in [-0.4, -0.2) is 4.92 Å². The molecule has 0 aliphatic carbocycles. The molecule has 104 valence electrons. The summed E-state index contributed by atoms with van der Waals surface area (Å²) in [6.45, 7) is 1.98. The minimum atomic E-state index is -0.942. The standard InChI is InChI=1S/C14H12F2N2O2/c1-9-2-5-14(18(19)20)13(6-9)17-8-10-3-4-11(15)12(16)7-10/h2-7,17H,8H2,1H3. The molecule has 2 aromatic rings. The van der Waals surface area contributed by atoms with Crippen LogP contribution in [0.3, 0.4) is 0 Å². The third-order valence-electron chi connectivity index (χ3n) is 2.82. The first-order valence-electron chi connectivity index (χ1n) is 5.90. The molecule has 0 heterocycles. The van der Waals surface area contributed by atoms with Gasteiger partial charge in [-0.15, -0.1) is 0 Å². The van der Waals surface area contributed by atoms with Crippen molar-refractivity contribution in [3.8, 4) is 0 Å². The second kappa shape index (κ2) is 5.64. The molecule has 1 N–H and O–H groups in total. The molecule has 0 atom stereocenters. The van der Waals surface area contributed by atoms with Gasteiger partial charge >= 0.3 is 0 Å². The van der Waals surface area contributed by atoms with Crippen molar-refractivity contribution < 1.29 is 13.7 Å². The van der Waals surface area contributed by atoms with E-state index >= 15 is 0 Å². The molecule has 0 aliphatic rings. The van der Waals surface area contributed by atoms with Crippen LogP contribution in [0.1, 0.15) is 11.1 Å². The van der Waals surface area contributed by atoms with Gasteiger partial charge in [0.1, 0.15) is 5.69 Å². The number of hydrogen-bond donors (Lipinski definition) is 1. The maximum atomic E-state index is 13.1. The molecule has 0 aliphatic heterocycles. The van der Waals surface area contributed by atoms with Crippen LogP contribution >= 0.6 is 0 Å². The molecule has 0 bridgehead atoms. The van der Waals surface area contributed by atoms with Gasteiger partial charge in [0.15, 0.2) is 11.6 Å². The van der Waals surface area contributed by atoms with Crippen molar-refractivity contribution >= 4 is 11.4 Å². The summed E-state index contributed by atoms with van der Waals surface area (Å²) in [6.07, 6.45) is 0. The Morgan fingerprint density at radius 3 is 2.55 bits per heavy atom. The lowest BCUT2D eigenvalue weighted by Gasteiger charge is -2.08. The summed E-state index contributed by atoms with van der Waals surface area (Å²) in [5.41, 5.74) is 1.65. The molecule has 2 aromatic carbocycles. The third-order valence-corrected chi connectivity index (χ3v) is 2.82. The highest BCUT2D eigenvalue weighted by Crippen LogP contribution is 2.25. The highest BCUT2D eigenvalue weighted by Gasteiger charge is 2.13. The molecule has 2 rings (SSSR count). The van der Waals surface area contributed by atoms with E-state index in [2.05, 4.69) is 5.32 Å². The first kappa shape index (κ1) is 13.9. The number of hydrogen-bond acceptors (Lipinski definition) is 3. The molecule has 0 saturated carbocycles. The molecule has 0 aromatic heterocycles. The molecule has 0 radical (unpaired) electrons. The van der Waals surface area contributed by atoms with Crippen molar-refractivity contribution in [3.05, 3.63) is 69.3 Å². The van der Waals surface area contributed by atoms with E-state index in [1.807, 2.05) is 6.92 Å². The lowest BCUT2D eigenvalue weighted by molar-refractivity contribution is -0.384. The quantitative estimate of drug-likeness (QED) is 0.683. The lowest BCUT2D eigenvalue weighted by atomic mass is 10.1. The Labute approximate surface area is 114 Å². The van der Waals surface area contributed by atoms with Crippen LogP contribution in [0, 0.1) is 28.7 Å². The summed E-state index contributed by atoms with van der Waals surface area (Å²) in [7, 11) is 0. The van der Waals surface area contributed by atoms with E-state index in [9.17, 15) is 18.9 Å². The summed E-state index contributed by atoms with van der Waals surface area (Å²) in [4.78, 5) is 10.4. The van der Waals surface area contributed by atoms with E-state index in [1.165, 1.54) is 12.1 Å². The monoisotopic (exact) mass is 278 g/mol. The number of rotatable bonds is 4. The van der Waals surface area contributed by atoms with Crippen molar-refractivity contribution in [2.75, 3.05) is 5.32 Å². The van der Waals surface area contributed by atoms with Gasteiger partial charge in [-0.3, -0.25) is 10.1 Å². The van der Waals surface area contributed by atoms with Gasteiger partial charge in [0.05, 0.1) is 4.92 Å². The van der Waals surface area contributed by atoms with Gasteiger partial charge < -0.3 is 5.32 Å². The SMILES string of the molecule is Cc1ccc([N+](=O)[O-])c(NCc2ccc(F)c(F)c2)c1. The van der Waals surface area contributed by atoms with Crippen molar-refractivity contribution in [2.24, 2.45) is 0 Å². The maximum absolute atomic E-state index is 13.1. The van der Waals surface area contributed by atoms with Crippen LogP contribution in [0.2, 0.25) is 0 Å². The third kappa shape index (κ3) is 3.09. The number of benzene rings is 2. The highest BCUT2D eigenvalue weighted by atomic mass is 19.2. The van der Waals surface area contributed by atoms with Crippen LogP contribution in [-0.2, 0) is 6.54 Å². The molecule has 20 heavy (non-hydrogen) atoms. The van der Waals surface area contributed by atoms with Gasteiger partial charge in [-0.25, -0.2) is 8.78 Å². The number of anilines is 1. The van der Waals surface area contributed by atoms with Crippen molar-refractivity contribution in [1.29, 1.82) is 0 Å². The van der Waals surface area contributed by atoms with Crippen LogP contribution in [0.25, 0.3) is 0 Å². The fourth-order valence-corrected chi connectivity index (χ4v) is 1.80. The van der Waals surface area contributed by atoms with Gasteiger partial charge in [0.25, 0.3) is 5.69 Å². The number of nitro benzene ring substituents is 1. The van der Waals surface area contributed by atoms with E-state index in [0.717, 1.165) is 17.7 Å². The van der Waals surface area contributed by atoms with Gasteiger partial charge in [-0.05, 0) is 36.2 Å². The van der Waals surface area contributed by atoms with Crippen molar-refractivity contribution in [3.63, 3.8) is 0 Å². The normalized spacial score (nSPS) is 10.3. The van der Waals surface area contributed by atoms with E-state index in [-0.39, 0.29) is 12.2 Å². The molecule has 0 amide bonds. The predicted molar refractivity (Wildman–Crippen MR) is 71.5 cm³/mol. The second-order valence-electron chi connectivity index (χ2n) is 4.38. The average Bonchev–Trinajstić information content (AvgIpc) is 2.40. The number of aryl methyl sites for hydroxylation is 1. The topological polar surface area (TPSA) is 55.2 Å². The summed E-state index contributed by atoms with van der Waals surface area (Å²) < 4.78 is 25.9. The molecule has 0 unspecified atom stereocenters. The van der Waals surface area contributed by atoms with Crippen LogP contribution in [0.15, 0.2) is 36.4 Å². The molecule has 0 saturated heterocycles. The highest BCUT2D eigenvalue weighted by molar-refractivity contribution is 5.62. The molecule has 6 heteroatoms. The van der Waals surface area contributed by atoms with Crippen LogP contribution in [0.4, 0.5) is 20.2 Å². The molecular formula is C14H12F2N2O2. The molecule has 0 fully saturated rings. The first-order chi connectivity index (χ1) is 9.47. The number of nitrogens with one attached hydrogen (secondary N) is 1. The fraction of sp³-hybridized carbons (Fsp3) is 0.143. The Balaban J connectivity index is 2.20.